The van der Waals surface area contributed by atoms with Crippen molar-refractivity contribution in [3.8, 4) is 0 Å². The van der Waals surface area contributed by atoms with Crippen molar-refractivity contribution in [2.24, 2.45) is 0 Å². The third-order valence-electron chi connectivity index (χ3n) is 14.5. The molecule has 0 aliphatic heterocycles. The van der Waals surface area contributed by atoms with Gasteiger partial charge < -0.3 is 14.2 Å². The van der Waals surface area contributed by atoms with Crippen LogP contribution >= 0.6 is 0 Å². The van der Waals surface area contributed by atoms with Crippen molar-refractivity contribution in [1.82, 2.24) is 0 Å². The molecule has 0 saturated heterocycles. The highest BCUT2D eigenvalue weighted by Gasteiger charge is 2.19. The predicted octanol–water partition coefficient (Wildman–Crippen LogP) is 22.3. The van der Waals surface area contributed by atoms with Crippen LogP contribution in [0.15, 0.2) is 60.8 Å². The zero-order valence-corrected chi connectivity index (χ0v) is 50.1. The van der Waals surface area contributed by atoms with E-state index < -0.39 is 6.10 Å². The summed E-state index contributed by atoms with van der Waals surface area (Å²) in [6, 6.07) is 0. The highest BCUT2D eigenvalue weighted by Crippen LogP contribution is 2.18. The van der Waals surface area contributed by atoms with E-state index in [-0.39, 0.29) is 31.1 Å². The van der Waals surface area contributed by atoms with Gasteiger partial charge in [-0.2, -0.15) is 0 Å². The summed E-state index contributed by atoms with van der Waals surface area (Å²) in [6.07, 6.45) is 81.1. The lowest BCUT2D eigenvalue weighted by Crippen LogP contribution is -2.30. The standard InChI is InChI=1S/C69H124O6/c1-4-7-10-13-16-19-22-25-27-28-29-30-31-32-33-34-35-36-37-38-39-40-42-44-47-50-53-56-59-62-68(71)74-65-66(64-73-67(70)61-58-55-52-49-46-43-24-21-18-15-12-9-6-3)75-69(72)63-60-57-54-51-48-45-41-26-23-20-17-14-11-8-5-2/h9,12,17-18,20-21,26,41,43,46,66H,4-8,10-11,13-16,19,22-25,27-40,42,44-45,47-65H2,1-3H3/b12-9-,20-17-,21-18-,41-26-,46-43-. The van der Waals surface area contributed by atoms with Crippen molar-refractivity contribution in [2.75, 3.05) is 13.2 Å². The van der Waals surface area contributed by atoms with E-state index >= 15 is 0 Å². The minimum absolute atomic E-state index is 0.0868. The first kappa shape index (κ1) is 72.1. The van der Waals surface area contributed by atoms with Gasteiger partial charge in [-0.05, 0) is 83.5 Å². The third-order valence-corrected chi connectivity index (χ3v) is 14.5. The maximum atomic E-state index is 12.9. The Labute approximate surface area is 466 Å². The molecule has 0 aromatic rings. The Morgan fingerprint density at radius 2 is 0.520 bits per heavy atom. The Bertz CT molecular complexity index is 1340. The van der Waals surface area contributed by atoms with E-state index in [1.165, 1.54) is 193 Å². The van der Waals surface area contributed by atoms with Crippen molar-refractivity contribution in [3.63, 3.8) is 0 Å². The molecule has 0 N–H and O–H groups in total. The van der Waals surface area contributed by atoms with E-state index in [4.69, 9.17) is 14.2 Å². The maximum Gasteiger partial charge on any atom is 0.306 e. The van der Waals surface area contributed by atoms with Crippen LogP contribution in [0, 0.1) is 0 Å². The molecule has 1 unspecified atom stereocenters. The lowest BCUT2D eigenvalue weighted by molar-refractivity contribution is -0.167. The quantitative estimate of drug-likeness (QED) is 0.0261. The summed E-state index contributed by atoms with van der Waals surface area (Å²) in [5.41, 5.74) is 0. The molecule has 0 aliphatic carbocycles. The van der Waals surface area contributed by atoms with Gasteiger partial charge in [0.15, 0.2) is 6.10 Å². The second kappa shape index (κ2) is 63.6. The van der Waals surface area contributed by atoms with Crippen LogP contribution in [0.4, 0.5) is 0 Å². The molecule has 436 valence electrons. The number of rotatable bonds is 60. The first-order valence-electron chi connectivity index (χ1n) is 32.8. The van der Waals surface area contributed by atoms with Gasteiger partial charge in [-0.1, -0.05) is 300 Å². The minimum atomic E-state index is -0.793. The Hall–Kier alpha value is -2.89. The summed E-state index contributed by atoms with van der Waals surface area (Å²) >= 11 is 0. The fourth-order valence-corrected chi connectivity index (χ4v) is 9.61. The lowest BCUT2D eigenvalue weighted by atomic mass is 10.0. The average Bonchev–Trinajstić information content (AvgIpc) is 3.41. The molecule has 0 radical (unpaired) electrons. The molecule has 0 fully saturated rings. The predicted molar refractivity (Wildman–Crippen MR) is 325 cm³/mol. The SMILES string of the molecule is CC/C=C\C/C=C\C/C=C\CCCCCC(=O)OCC(COC(=O)CCCCCCCCCCCCCCCCCCCCCCCCCCCCCCC)OC(=O)CCCCCCC/C=C\C/C=C\CCCCC. The molecule has 0 bridgehead atoms. The zero-order valence-electron chi connectivity index (χ0n) is 50.1. The van der Waals surface area contributed by atoms with Crippen LogP contribution in [-0.4, -0.2) is 37.2 Å². The molecular weight excluding hydrogens is 925 g/mol. The molecule has 0 amide bonds. The summed E-state index contributed by atoms with van der Waals surface area (Å²) in [5.74, 6) is -0.916. The van der Waals surface area contributed by atoms with Crippen molar-refractivity contribution in [2.45, 2.75) is 348 Å². The molecule has 6 nitrogen and oxygen atoms in total. The van der Waals surface area contributed by atoms with Crippen molar-refractivity contribution in [1.29, 1.82) is 0 Å². The number of allylic oxidation sites excluding steroid dienone is 10. The van der Waals surface area contributed by atoms with Crippen LogP contribution in [0.1, 0.15) is 342 Å². The van der Waals surface area contributed by atoms with Gasteiger partial charge in [0.1, 0.15) is 13.2 Å². The minimum Gasteiger partial charge on any atom is -0.462 e. The van der Waals surface area contributed by atoms with Gasteiger partial charge in [0, 0.05) is 19.3 Å². The van der Waals surface area contributed by atoms with Gasteiger partial charge in [0.25, 0.3) is 0 Å². The molecule has 0 saturated carbocycles. The largest absolute Gasteiger partial charge is 0.462 e. The molecule has 0 aromatic heterocycles. The first-order chi connectivity index (χ1) is 37.0. The van der Waals surface area contributed by atoms with Gasteiger partial charge in [-0.3, -0.25) is 14.4 Å². The Morgan fingerprint density at radius 3 is 0.853 bits per heavy atom. The molecule has 6 heteroatoms. The van der Waals surface area contributed by atoms with E-state index in [2.05, 4.69) is 81.5 Å². The van der Waals surface area contributed by atoms with Crippen LogP contribution in [0.25, 0.3) is 0 Å². The number of ether oxygens (including phenoxy) is 3. The molecule has 0 rings (SSSR count). The van der Waals surface area contributed by atoms with Gasteiger partial charge in [0.2, 0.25) is 0 Å². The number of hydrogen-bond acceptors (Lipinski definition) is 6. The highest BCUT2D eigenvalue weighted by atomic mass is 16.6. The van der Waals surface area contributed by atoms with Crippen molar-refractivity contribution < 1.29 is 28.6 Å². The number of carbonyl (C=O) groups is 3. The average molecular weight is 1050 g/mol. The Morgan fingerprint density at radius 1 is 0.280 bits per heavy atom. The fourth-order valence-electron chi connectivity index (χ4n) is 9.61. The van der Waals surface area contributed by atoms with E-state index in [9.17, 15) is 14.4 Å². The van der Waals surface area contributed by atoms with Crippen LogP contribution < -0.4 is 0 Å². The Kier molecular flexibility index (Phi) is 61.2. The van der Waals surface area contributed by atoms with Crippen LogP contribution in [-0.2, 0) is 28.6 Å². The second-order valence-electron chi connectivity index (χ2n) is 22.0. The maximum absolute atomic E-state index is 12.9. The number of hydrogen-bond donors (Lipinski definition) is 0. The van der Waals surface area contributed by atoms with Gasteiger partial charge in [-0.25, -0.2) is 0 Å². The molecule has 75 heavy (non-hydrogen) atoms. The van der Waals surface area contributed by atoms with E-state index in [1.807, 2.05) is 0 Å². The van der Waals surface area contributed by atoms with E-state index in [1.54, 1.807) is 0 Å². The highest BCUT2D eigenvalue weighted by molar-refractivity contribution is 5.71. The van der Waals surface area contributed by atoms with E-state index in [0.29, 0.717) is 19.3 Å². The van der Waals surface area contributed by atoms with Crippen molar-refractivity contribution >= 4 is 17.9 Å². The summed E-state index contributed by atoms with van der Waals surface area (Å²) in [4.78, 5) is 38.2. The Balaban J connectivity index is 4.18. The zero-order chi connectivity index (χ0) is 54.3. The molecule has 0 heterocycles. The molecular formula is C69H124O6. The normalized spacial score (nSPS) is 12.4. The summed E-state index contributed by atoms with van der Waals surface area (Å²) in [5, 5.41) is 0. The van der Waals surface area contributed by atoms with Crippen molar-refractivity contribution in [3.05, 3.63) is 60.8 Å². The fraction of sp³-hybridized carbons (Fsp3) is 0.812. The van der Waals surface area contributed by atoms with Crippen LogP contribution in [0.5, 0.6) is 0 Å². The molecule has 1 atom stereocenters. The topological polar surface area (TPSA) is 78.9 Å². The molecule has 0 aromatic carbocycles. The van der Waals surface area contributed by atoms with Gasteiger partial charge >= 0.3 is 17.9 Å². The number of unbranched alkanes of at least 4 members (excludes halogenated alkanes) is 39. The summed E-state index contributed by atoms with van der Waals surface area (Å²) in [7, 11) is 0. The smallest absolute Gasteiger partial charge is 0.306 e. The monoisotopic (exact) mass is 1050 g/mol. The molecule has 0 aliphatic rings. The first-order valence-corrected chi connectivity index (χ1v) is 32.8. The summed E-state index contributed by atoms with van der Waals surface area (Å²) in [6.45, 7) is 6.51. The number of carbonyl (C=O) groups excluding carboxylic acids is 3. The summed E-state index contributed by atoms with van der Waals surface area (Å²) < 4.78 is 16.9. The van der Waals surface area contributed by atoms with Crippen LogP contribution in [0.2, 0.25) is 0 Å². The second-order valence-corrected chi connectivity index (χ2v) is 22.0. The van der Waals surface area contributed by atoms with Gasteiger partial charge in [-0.15, -0.1) is 0 Å². The lowest BCUT2D eigenvalue weighted by Gasteiger charge is -2.18. The number of esters is 3. The van der Waals surface area contributed by atoms with Crippen LogP contribution in [0.3, 0.4) is 0 Å². The molecule has 0 spiro atoms. The van der Waals surface area contributed by atoms with Gasteiger partial charge in [0.05, 0.1) is 0 Å². The third kappa shape index (κ3) is 61.8. The van der Waals surface area contributed by atoms with E-state index in [0.717, 1.165) is 109 Å².